The highest BCUT2D eigenvalue weighted by Crippen LogP contribution is 2.45. The first-order valence-electron chi connectivity index (χ1n) is 8.62. The van der Waals surface area contributed by atoms with E-state index in [1.54, 1.807) is 0 Å². The Bertz CT molecular complexity index is 450. The van der Waals surface area contributed by atoms with Crippen molar-refractivity contribution in [2.75, 3.05) is 6.54 Å². The minimum atomic E-state index is -0.658. The number of carbonyl (C=O) groups is 2. The molecule has 3 fully saturated rings. The fraction of sp³-hybridized carbons (Fsp3) is 0.882. The van der Waals surface area contributed by atoms with Crippen LogP contribution in [-0.2, 0) is 9.59 Å². The van der Waals surface area contributed by atoms with Crippen LogP contribution in [0.4, 0.5) is 0 Å². The number of carbonyl (C=O) groups excluding carboxylic acids is 2. The van der Waals surface area contributed by atoms with Gasteiger partial charge in [-0.1, -0.05) is 26.7 Å². The van der Waals surface area contributed by atoms with Crippen molar-refractivity contribution in [2.24, 2.45) is 11.8 Å². The summed E-state index contributed by atoms with van der Waals surface area (Å²) >= 11 is 0. The molecule has 1 atom stereocenters. The van der Waals surface area contributed by atoms with Gasteiger partial charge < -0.3 is 10.2 Å². The molecule has 4 heteroatoms. The molecule has 118 valence electrons. The maximum absolute atomic E-state index is 13.2. The van der Waals surface area contributed by atoms with Crippen molar-refractivity contribution in [1.82, 2.24) is 10.2 Å². The maximum Gasteiger partial charge on any atom is 0.249 e. The first kappa shape index (κ1) is 14.9. The van der Waals surface area contributed by atoms with Crippen LogP contribution in [0.5, 0.6) is 0 Å². The Hall–Kier alpha value is -1.06. The number of piperazine rings is 1. The van der Waals surface area contributed by atoms with Crippen LogP contribution in [0.25, 0.3) is 0 Å². The highest BCUT2D eigenvalue weighted by atomic mass is 16.2. The summed E-state index contributed by atoms with van der Waals surface area (Å²) in [5.41, 5.74) is -1.28. The van der Waals surface area contributed by atoms with E-state index in [1.165, 1.54) is 12.8 Å². The van der Waals surface area contributed by atoms with Gasteiger partial charge in [-0.05, 0) is 50.9 Å². The molecule has 21 heavy (non-hydrogen) atoms. The minimum absolute atomic E-state index is 0.0669. The lowest BCUT2D eigenvalue weighted by Gasteiger charge is -2.51. The van der Waals surface area contributed by atoms with Crippen LogP contribution in [0.3, 0.4) is 0 Å². The zero-order chi connectivity index (χ0) is 15.3. The van der Waals surface area contributed by atoms with Gasteiger partial charge in [0.15, 0.2) is 0 Å². The summed E-state index contributed by atoms with van der Waals surface area (Å²) in [6, 6.07) is 0. The van der Waals surface area contributed by atoms with Gasteiger partial charge in [0, 0.05) is 6.54 Å². The van der Waals surface area contributed by atoms with E-state index in [9.17, 15) is 9.59 Å². The van der Waals surface area contributed by atoms with Gasteiger partial charge >= 0.3 is 0 Å². The molecule has 4 nitrogen and oxygen atoms in total. The Labute approximate surface area is 127 Å². The number of amides is 2. The summed E-state index contributed by atoms with van der Waals surface area (Å²) in [6.45, 7) is 6.74. The first-order chi connectivity index (χ1) is 9.98. The van der Waals surface area contributed by atoms with E-state index >= 15 is 0 Å². The number of rotatable bonds is 6. The maximum atomic E-state index is 13.2. The fourth-order valence-corrected chi connectivity index (χ4v) is 3.93. The van der Waals surface area contributed by atoms with E-state index in [0.29, 0.717) is 18.8 Å². The predicted molar refractivity (Wildman–Crippen MR) is 81.6 cm³/mol. The van der Waals surface area contributed by atoms with E-state index in [-0.39, 0.29) is 11.8 Å². The van der Waals surface area contributed by atoms with Crippen molar-refractivity contribution in [2.45, 2.75) is 76.8 Å². The fourth-order valence-electron chi connectivity index (χ4n) is 3.93. The quantitative estimate of drug-likeness (QED) is 0.817. The first-order valence-corrected chi connectivity index (χ1v) is 8.62. The van der Waals surface area contributed by atoms with E-state index in [0.717, 1.165) is 31.7 Å². The Balaban J connectivity index is 1.89. The smallest absolute Gasteiger partial charge is 0.249 e. The van der Waals surface area contributed by atoms with Crippen LogP contribution in [0.15, 0.2) is 0 Å². The van der Waals surface area contributed by atoms with Crippen LogP contribution >= 0.6 is 0 Å². The molecule has 0 radical (unpaired) electrons. The molecule has 1 unspecified atom stereocenters. The highest BCUT2D eigenvalue weighted by molar-refractivity contribution is 6.02. The highest BCUT2D eigenvalue weighted by Gasteiger charge is 2.59. The van der Waals surface area contributed by atoms with Gasteiger partial charge in [0.2, 0.25) is 11.8 Å². The third-order valence-electron chi connectivity index (χ3n) is 6.02. The Morgan fingerprint density at radius 2 is 1.76 bits per heavy atom. The summed E-state index contributed by atoms with van der Waals surface area (Å²) in [5.74, 6) is 1.34. The monoisotopic (exact) mass is 292 g/mol. The average Bonchev–Trinajstić information content (AvgIpc) is 3.34. The Kier molecular flexibility index (Phi) is 3.53. The molecule has 1 aliphatic heterocycles. The molecule has 0 aromatic rings. The predicted octanol–water partition coefficient (Wildman–Crippen LogP) is 2.47. The molecule has 0 spiro atoms. The molecular weight excluding hydrogens is 264 g/mol. The third-order valence-corrected chi connectivity index (χ3v) is 6.02. The normalized spacial score (nSPS) is 32.2. The minimum Gasteiger partial charge on any atom is -0.340 e. The second kappa shape index (κ2) is 4.99. The van der Waals surface area contributed by atoms with Crippen LogP contribution in [-0.4, -0.2) is 34.3 Å². The number of hydrogen-bond donors (Lipinski definition) is 1. The van der Waals surface area contributed by atoms with Gasteiger partial charge in [-0.25, -0.2) is 0 Å². The zero-order valence-electron chi connectivity index (χ0n) is 13.6. The van der Waals surface area contributed by atoms with Crippen molar-refractivity contribution in [1.29, 1.82) is 0 Å². The molecule has 3 rings (SSSR count). The molecule has 1 saturated heterocycles. The molecule has 2 aliphatic carbocycles. The zero-order valence-corrected chi connectivity index (χ0v) is 13.6. The molecule has 0 bridgehead atoms. The van der Waals surface area contributed by atoms with Crippen LogP contribution in [0.2, 0.25) is 0 Å². The van der Waals surface area contributed by atoms with Crippen molar-refractivity contribution in [3.8, 4) is 0 Å². The summed E-state index contributed by atoms with van der Waals surface area (Å²) in [7, 11) is 0. The van der Waals surface area contributed by atoms with Crippen molar-refractivity contribution < 1.29 is 9.59 Å². The summed E-state index contributed by atoms with van der Waals surface area (Å²) in [5, 5.41) is 3.10. The molecule has 1 heterocycles. The third kappa shape index (κ3) is 2.27. The van der Waals surface area contributed by atoms with Crippen molar-refractivity contribution >= 4 is 11.8 Å². The largest absolute Gasteiger partial charge is 0.340 e. The van der Waals surface area contributed by atoms with Crippen LogP contribution < -0.4 is 5.32 Å². The molecule has 0 aromatic heterocycles. The lowest BCUT2D eigenvalue weighted by molar-refractivity contribution is -0.164. The topological polar surface area (TPSA) is 49.4 Å². The van der Waals surface area contributed by atoms with Gasteiger partial charge in [0.25, 0.3) is 0 Å². The van der Waals surface area contributed by atoms with Gasteiger partial charge in [-0.15, -0.1) is 0 Å². The van der Waals surface area contributed by atoms with E-state index in [4.69, 9.17) is 0 Å². The summed E-state index contributed by atoms with van der Waals surface area (Å²) < 4.78 is 0. The second-order valence-corrected chi connectivity index (χ2v) is 7.36. The van der Waals surface area contributed by atoms with E-state index < -0.39 is 11.1 Å². The van der Waals surface area contributed by atoms with Gasteiger partial charge in [0.05, 0.1) is 0 Å². The van der Waals surface area contributed by atoms with Gasteiger partial charge in [-0.2, -0.15) is 0 Å². The van der Waals surface area contributed by atoms with E-state index in [1.807, 2.05) is 25.7 Å². The SMILES string of the molecule is CCC1(CC)C(=O)NC(C)(C2CC2)C(=O)N1CCC1CC1. The summed E-state index contributed by atoms with van der Waals surface area (Å²) in [6.07, 6.45) is 7.16. The molecule has 3 aliphatic rings. The molecule has 1 N–H and O–H groups in total. The lowest BCUT2D eigenvalue weighted by Crippen LogP contribution is -2.75. The standard InChI is InChI=1S/C17H28N2O2/c1-4-17(5-2)14(20)18-16(3,13-8-9-13)15(21)19(17)11-10-12-6-7-12/h12-13H,4-11H2,1-3H3,(H,18,20). The van der Waals surface area contributed by atoms with Crippen LogP contribution in [0, 0.1) is 11.8 Å². The number of hydrogen-bond acceptors (Lipinski definition) is 2. The molecule has 2 saturated carbocycles. The van der Waals surface area contributed by atoms with Gasteiger partial charge in [-0.3, -0.25) is 9.59 Å². The number of nitrogens with one attached hydrogen (secondary N) is 1. The van der Waals surface area contributed by atoms with E-state index in [2.05, 4.69) is 5.32 Å². The second-order valence-electron chi connectivity index (χ2n) is 7.36. The molecule has 0 aromatic carbocycles. The molecular formula is C17H28N2O2. The van der Waals surface area contributed by atoms with Crippen molar-refractivity contribution in [3.63, 3.8) is 0 Å². The summed E-state index contributed by atoms with van der Waals surface area (Å²) in [4.78, 5) is 27.9. The average molecular weight is 292 g/mol. The van der Waals surface area contributed by atoms with Crippen LogP contribution in [0.1, 0.15) is 65.7 Å². The Morgan fingerprint density at radius 1 is 1.14 bits per heavy atom. The Morgan fingerprint density at radius 3 is 2.24 bits per heavy atom. The molecule has 2 amide bonds. The van der Waals surface area contributed by atoms with Gasteiger partial charge in [0.1, 0.15) is 11.1 Å². The number of nitrogens with zero attached hydrogens (tertiary/aromatic N) is 1. The lowest BCUT2D eigenvalue weighted by atomic mass is 9.80. The van der Waals surface area contributed by atoms with Crippen molar-refractivity contribution in [3.05, 3.63) is 0 Å².